The molecule has 0 aliphatic rings. The van der Waals surface area contributed by atoms with E-state index in [1.807, 2.05) is 42.5 Å². The third-order valence-electron chi connectivity index (χ3n) is 11.2. The van der Waals surface area contributed by atoms with Crippen LogP contribution < -0.4 is 0 Å². The van der Waals surface area contributed by atoms with Gasteiger partial charge in [-0.3, -0.25) is 0 Å². The fourth-order valence-electron chi connectivity index (χ4n) is 8.44. The van der Waals surface area contributed by atoms with Crippen molar-refractivity contribution in [2.45, 2.75) is 0 Å². The Hall–Kier alpha value is -7.54. The maximum Gasteiger partial charge on any atom is 0.164 e. The van der Waals surface area contributed by atoms with Gasteiger partial charge in [-0.25, -0.2) is 19.9 Å². The average molecular weight is 759 g/mol. The van der Waals surface area contributed by atoms with Gasteiger partial charge in [0.25, 0.3) is 0 Å². The second-order valence-corrected chi connectivity index (χ2v) is 15.6. The van der Waals surface area contributed by atoms with Crippen LogP contribution in [0.4, 0.5) is 0 Å². The lowest BCUT2D eigenvalue weighted by Gasteiger charge is -2.13. The fraction of sp³-hybridized carbons (Fsp3) is 0. The van der Waals surface area contributed by atoms with Crippen molar-refractivity contribution in [3.8, 4) is 56.5 Å². The molecule has 6 heteroatoms. The van der Waals surface area contributed by atoms with Gasteiger partial charge in [-0.1, -0.05) is 158 Å². The number of fused-ring (bicyclic) bond motifs is 9. The number of pyridine rings is 1. The van der Waals surface area contributed by atoms with Gasteiger partial charge in [0, 0.05) is 59.4 Å². The van der Waals surface area contributed by atoms with Crippen molar-refractivity contribution < 1.29 is 4.42 Å². The van der Waals surface area contributed by atoms with Gasteiger partial charge in [-0.2, -0.15) is 0 Å². The van der Waals surface area contributed by atoms with Crippen molar-refractivity contribution in [2.24, 2.45) is 0 Å². The number of nitrogens with zero attached hydrogens (tertiary/aromatic N) is 4. The van der Waals surface area contributed by atoms with Gasteiger partial charge in [-0.05, 0) is 40.6 Å². The molecular weight excluding hydrogens is 729 g/mol. The summed E-state index contributed by atoms with van der Waals surface area (Å²) in [4.78, 5) is 20.6. The van der Waals surface area contributed by atoms with Crippen molar-refractivity contribution in [2.75, 3.05) is 0 Å². The molecule has 0 N–H and O–H groups in total. The number of hydrogen-bond donors (Lipinski definition) is 0. The standard InChI is InChI=1S/C52H30N4OS/c1-2-13-32(14-3-1)50-54-51(33-27-25-31(26-28-33)47-49-46(41-18-6-9-22-43(41)53-47)42-19-8-11-24-45(42)58-49)56-52(55-50)40-30-29-36(34-15-4-5-16-35(34)40)38-20-12-21-39-37-17-7-10-23-44(37)57-48(38)39/h1-30H. The molecule has 0 spiro atoms. The molecule has 12 aromatic rings. The third-order valence-corrected chi connectivity index (χ3v) is 12.3. The minimum absolute atomic E-state index is 0.606. The van der Waals surface area contributed by atoms with Crippen molar-refractivity contribution in [1.82, 2.24) is 19.9 Å². The highest BCUT2D eigenvalue weighted by Gasteiger charge is 2.20. The highest BCUT2D eigenvalue weighted by atomic mass is 32.1. The first-order valence-corrected chi connectivity index (χ1v) is 20.1. The fourth-order valence-corrected chi connectivity index (χ4v) is 9.66. The van der Waals surface area contributed by atoms with Crippen LogP contribution in [-0.4, -0.2) is 19.9 Å². The number of thiophene rings is 1. The smallest absolute Gasteiger partial charge is 0.164 e. The highest BCUT2D eigenvalue weighted by molar-refractivity contribution is 7.26. The minimum atomic E-state index is 0.606. The molecule has 4 heterocycles. The molecule has 0 saturated heterocycles. The second-order valence-electron chi connectivity index (χ2n) is 14.5. The zero-order valence-corrected chi connectivity index (χ0v) is 31.7. The Labute approximate surface area is 336 Å². The van der Waals surface area contributed by atoms with Crippen LogP contribution in [0.1, 0.15) is 0 Å². The van der Waals surface area contributed by atoms with Gasteiger partial charge < -0.3 is 4.42 Å². The van der Waals surface area contributed by atoms with Gasteiger partial charge in [0.1, 0.15) is 11.2 Å². The van der Waals surface area contributed by atoms with Gasteiger partial charge in [-0.15, -0.1) is 11.3 Å². The van der Waals surface area contributed by atoms with Gasteiger partial charge in [0.15, 0.2) is 17.5 Å². The summed E-state index contributed by atoms with van der Waals surface area (Å²) >= 11 is 1.80. The van der Waals surface area contributed by atoms with Crippen LogP contribution in [0.5, 0.6) is 0 Å². The molecule has 0 aliphatic heterocycles. The number of hydrogen-bond acceptors (Lipinski definition) is 6. The van der Waals surface area contributed by atoms with Gasteiger partial charge in [0.05, 0.1) is 15.9 Å². The summed E-state index contributed by atoms with van der Waals surface area (Å²) in [6.07, 6.45) is 0. The van der Waals surface area contributed by atoms with Crippen LogP contribution in [0, 0.1) is 0 Å². The lowest BCUT2D eigenvalue weighted by molar-refractivity contribution is 0.670. The van der Waals surface area contributed by atoms with Gasteiger partial charge >= 0.3 is 0 Å². The quantitative estimate of drug-likeness (QED) is 0.175. The summed E-state index contributed by atoms with van der Waals surface area (Å²) in [6.45, 7) is 0. The molecule has 4 aromatic heterocycles. The Morgan fingerprint density at radius 1 is 0.362 bits per heavy atom. The normalized spacial score (nSPS) is 11.8. The minimum Gasteiger partial charge on any atom is -0.455 e. The van der Waals surface area contributed by atoms with E-state index < -0.39 is 0 Å². The van der Waals surface area contributed by atoms with E-state index in [0.29, 0.717) is 17.5 Å². The van der Waals surface area contributed by atoms with Gasteiger partial charge in [0.2, 0.25) is 0 Å². The first kappa shape index (κ1) is 32.7. The largest absolute Gasteiger partial charge is 0.455 e. The maximum absolute atomic E-state index is 6.49. The molecule has 12 rings (SSSR count). The molecule has 0 saturated carbocycles. The van der Waals surface area contributed by atoms with Crippen LogP contribution in [0.25, 0.3) is 120 Å². The monoisotopic (exact) mass is 758 g/mol. The van der Waals surface area contributed by atoms with E-state index in [1.54, 1.807) is 11.3 Å². The predicted molar refractivity (Wildman–Crippen MR) is 240 cm³/mol. The molecule has 0 unspecified atom stereocenters. The molecule has 0 atom stereocenters. The highest BCUT2D eigenvalue weighted by Crippen LogP contribution is 2.44. The van der Waals surface area contributed by atoms with Crippen molar-refractivity contribution in [3.05, 3.63) is 182 Å². The van der Waals surface area contributed by atoms with E-state index in [4.69, 9.17) is 24.4 Å². The number of para-hydroxylation sites is 3. The summed E-state index contributed by atoms with van der Waals surface area (Å²) in [5.41, 5.74) is 9.67. The molecule has 58 heavy (non-hydrogen) atoms. The summed E-state index contributed by atoms with van der Waals surface area (Å²) < 4.78 is 8.93. The molecule has 270 valence electrons. The second kappa shape index (κ2) is 13.0. The Balaban J connectivity index is 1.01. The first-order valence-electron chi connectivity index (χ1n) is 19.3. The lowest BCUT2D eigenvalue weighted by Crippen LogP contribution is -2.01. The van der Waals surface area contributed by atoms with Crippen LogP contribution in [-0.2, 0) is 0 Å². The lowest BCUT2D eigenvalue weighted by atomic mass is 9.93. The van der Waals surface area contributed by atoms with E-state index in [-0.39, 0.29) is 0 Å². The molecule has 0 fully saturated rings. The molecule has 0 amide bonds. The van der Waals surface area contributed by atoms with Crippen molar-refractivity contribution in [1.29, 1.82) is 0 Å². The molecule has 0 aliphatic carbocycles. The van der Waals surface area contributed by atoms with E-state index in [1.165, 1.54) is 25.6 Å². The average Bonchev–Trinajstić information content (AvgIpc) is 3.88. The zero-order chi connectivity index (χ0) is 38.2. The summed E-state index contributed by atoms with van der Waals surface area (Å²) in [5.74, 6) is 1.84. The summed E-state index contributed by atoms with van der Waals surface area (Å²) in [5, 5.41) is 8.05. The Morgan fingerprint density at radius 3 is 1.76 bits per heavy atom. The summed E-state index contributed by atoms with van der Waals surface area (Å²) in [6, 6.07) is 63.1. The molecule has 0 radical (unpaired) electrons. The Kier molecular flexibility index (Phi) is 7.33. The molecule has 5 nitrogen and oxygen atoms in total. The molecular formula is C52H30N4OS. The number of aromatic nitrogens is 4. The van der Waals surface area contributed by atoms with E-state index >= 15 is 0 Å². The summed E-state index contributed by atoms with van der Waals surface area (Å²) in [7, 11) is 0. The molecule has 0 bridgehead atoms. The number of benzene rings is 8. The van der Waals surface area contributed by atoms with E-state index in [2.05, 4.69) is 140 Å². The van der Waals surface area contributed by atoms with Crippen LogP contribution in [0.3, 0.4) is 0 Å². The zero-order valence-electron chi connectivity index (χ0n) is 30.9. The van der Waals surface area contributed by atoms with Crippen LogP contribution in [0.2, 0.25) is 0 Å². The Bertz CT molecular complexity index is 3570. The first-order chi connectivity index (χ1) is 28.7. The number of rotatable bonds is 5. The third kappa shape index (κ3) is 5.16. The SMILES string of the molecule is c1ccc(-c2nc(-c3ccc(-c4nc5ccccc5c5c4sc4ccccc45)cc3)nc(-c3ccc(-c4cccc5c4oc4ccccc45)c4ccccc34)n2)cc1. The van der Waals surface area contributed by atoms with E-state index in [0.717, 1.165) is 77.3 Å². The maximum atomic E-state index is 6.49. The number of furan rings is 1. The Morgan fingerprint density at radius 2 is 0.948 bits per heavy atom. The molecule has 8 aromatic carbocycles. The van der Waals surface area contributed by atoms with Crippen molar-refractivity contribution >= 4 is 75.1 Å². The van der Waals surface area contributed by atoms with E-state index in [9.17, 15) is 0 Å². The van der Waals surface area contributed by atoms with Crippen LogP contribution >= 0.6 is 11.3 Å². The van der Waals surface area contributed by atoms with Crippen LogP contribution in [0.15, 0.2) is 186 Å². The van der Waals surface area contributed by atoms with Crippen molar-refractivity contribution in [3.63, 3.8) is 0 Å². The predicted octanol–water partition coefficient (Wildman–Crippen LogP) is 14.2. The topological polar surface area (TPSA) is 64.7 Å².